The Morgan fingerprint density at radius 1 is 1.42 bits per heavy atom. The van der Waals surface area contributed by atoms with E-state index in [2.05, 4.69) is 4.98 Å². The topological polar surface area (TPSA) is 52.3 Å². The molecule has 0 aliphatic rings. The summed E-state index contributed by atoms with van der Waals surface area (Å²) in [5.74, 6) is -0.611. The molecule has 1 aromatic carbocycles. The fourth-order valence-electron chi connectivity index (χ4n) is 1.52. The van der Waals surface area contributed by atoms with Gasteiger partial charge in [0.05, 0.1) is 6.61 Å². The van der Waals surface area contributed by atoms with Crippen LogP contribution in [0.1, 0.15) is 17.4 Å². The number of oxazole rings is 1. The van der Waals surface area contributed by atoms with Gasteiger partial charge in [0.2, 0.25) is 0 Å². The third-order valence-corrected chi connectivity index (χ3v) is 2.88. The Morgan fingerprint density at radius 2 is 2.11 bits per heavy atom. The van der Waals surface area contributed by atoms with Crippen LogP contribution in [0.5, 0.6) is 0 Å². The van der Waals surface area contributed by atoms with Crippen molar-refractivity contribution in [1.29, 1.82) is 0 Å². The van der Waals surface area contributed by atoms with Crippen LogP contribution in [-0.4, -0.2) is 23.8 Å². The zero-order valence-electron chi connectivity index (χ0n) is 10.5. The first-order valence-electron chi connectivity index (χ1n) is 5.63. The van der Waals surface area contributed by atoms with Crippen LogP contribution in [-0.2, 0) is 4.74 Å². The van der Waals surface area contributed by atoms with E-state index >= 15 is 0 Å². The van der Waals surface area contributed by atoms with Crippen molar-refractivity contribution in [2.75, 3.05) is 12.9 Å². The van der Waals surface area contributed by atoms with E-state index in [0.29, 0.717) is 16.5 Å². The highest BCUT2D eigenvalue weighted by molar-refractivity contribution is 7.98. The van der Waals surface area contributed by atoms with Crippen molar-refractivity contribution < 1.29 is 18.3 Å². The molecule has 0 atom stereocenters. The smallest absolute Gasteiger partial charge is 0.361 e. The largest absolute Gasteiger partial charge is 0.461 e. The molecule has 0 aliphatic carbocycles. The minimum Gasteiger partial charge on any atom is -0.461 e. The summed E-state index contributed by atoms with van der Waals surface area (Å²) in [5, 5.41) is 0.363. The Balaban J connectivity index is 2.46. The molecule has 0 unspecified atom stereocenters. The molecule has 100 valence electrons. The SMILES string of the molecule is CCOC(=O)c1nc(SC)oc1-c1ccc(F)cc1. The molecule has 0 spiro atoms. The van der Waals surface area contributed by atoms with Gasteiger partial charge < -0.3 is 9.15 Å². The molecular weight excluding hydrogens is 269 g/mol. The first-order valence-corrected chi connectivity index (χ1v) is 6.86. The number of benzene rings is 1. The molecule has 0 amide bonds. The first kappa shape index (κ1) is 13.6. The normalized spacial score (nSPS) is 10.5. The molecule has 1 heterocycles. The summed E-state index contributed by atoms with van der Waals surface area (Å²) in [7, 11) is 0. The minimum absolute atomic E-state index is 0.109. The number of hydrogen-bond donors (Lipinski definition) is 0. The van der Waals surface area contributed by atoms with Crippen LogP contribution in [0, 0.1) is 5.82 Å². The van der Waals surface area contributed by atoms with Crippen molar-refractivity contribution in [3.8, 4) is 11.3 Å². The van der Waals surface area contributed by atoms with Gasteiger partial charge in [-0.1, -0.05) is 11.8 Å². The van der Waals surface area contributed by atoms with Gasteiger partial charge in [-0.2, -0.15) is 4.98 Å². The lowest BCUT2D eigenvalue weighted by Crippen LogP contribution is -2.06. The average Bonchev–Trinajstić information content (AvgIpc) is 2.84. The summed E-state index contributed by atoms with van der Waals surface area (Å²) in [6, 6.07) is 5.66. The Bertz CT molecular complexity index is 580. The van der Waals surface area contributed by atoms with Crippen LogP contribution in [0.3, 0.4) is 0 Å². The molecule has 4 nitrogen and oxygen atoms in total. The molecule has 2 rings (SSSR count). The van der Waals surface area contributed by atoms with Crippen molar-refractivity contribution in [1.82, 2.24) is 4.98 Å². The van der Waals surface area contributed by atoms with Gasteiger partial charge in [0.1, 0.15) is 5.82 Å². The molecular formula is C13H12FNO3S. The number of thioether (sulfide) groups is 1. The van der Waals surface area contributed by atoms with E-state index in [1.807, 2.05) is 0 Å². The van der Waals surface area contributed by atoms with Crippen LogP contribution in [0.4, 0.5) is 4.39 Å². The van der Waals surface area contributed by atoms with E-state index < -0.39 is 5.97 Å². The van der Waals surface area contributed by atoms with E-state index in [1.165, 1.54) is 36.0 Å². The molecule has 0 aliphatic heterocycles. The number of nitrogens with zero attached hydrogens (tertiary/aromatic N) is 1. The van der Waals surface area contributed by atoms with Crippen molar-refractivity contribution in [3.63, 3.8) is 0 Å². The van der Waals surface area contributed by atoms with Gasteiger partial charge >= 0.3 is 5.97 Å². The lowest BCUT2D eigenvalue weighted by molar-refractivity contribution is 0.0520. The van der Waals surface area contributed by atoms with Gasteiger partial charge in [-0.3, -0.25) is 0 Å². The number of ether oxygens (including phenoxy) is 1. The highest BCUT2D eigenvalue weighted by atomic mass is 32.2. The van der Waals surface area contributed by atoms with Crippen LogP contribution in [0.25, 0.3) is 11.3 Å². The molecule has 19 heavy (non-hydrogen) atoms. The summed E-state index contributed by atoms with van der Waals surface area (Å²) >= 11 is 1.28. The number of rotatable bonds is 4. The first-order chi connectivity index (χ1) is 9.15. The Labute approximate surface area is 114 Å². The molecule has 6 heteroatoms. The molecule has 0 fully saturated rings. The van der Waals surface area contributed by atoms with E-state index in [0.717, 1.165) is 0 Å². The van der Waals surface area contributed by atoms with Crippen LogP contribution in [0.15, 0.2) is 33.9 Å². The standard InChI is InChI=1S/C13H12FNO3S/c1-3-17-12(16)10-11(18-13(15-10)19-2)8-4-6-9(14)7-5-8/h4-7H,3H2,1-2H3. The summed E-state index contributed by atoms with van der Waals surface area (Å²) in [4.78, 5) is 15.9. The zero-order valence-corrected chi connectivity index (χ0v) is 11.3. The maximum atomic E-state index is 12.9. The van der Waals surface area contributed by atoms with E-state index in [-0.39, 0.29) is 18.1 Å². The quantitative estimate of drug-likeness (QED) is 0.635. The van der Waals surface area contributed by atoms with E-state index in [1.54, 1.807) is 13.2 Å². The second kappa shape index (κ2) is 5.88. The summed E-state index contributed by atoms with van der Waals surface area (Å²) in [5.41, 5.74) is 0.690. The highest BCUT2D eigenvalue weighted by Crippen LogP contribution is 2.29. The molecule has 0 radical (unpaired) electrons. The van der Waals surface area contributed by atoms with Crippen molar-refractivity contribution in [2.24, 2.45) is 0 Å². The van der Waals surface area contributed by atoms with Crippen molar-refractivity contribution >= 4 is 17.7 Å². The zero-order chi connectivity index (χ0) is 13.8. The van der Waals surface area contributed by atoms with Gasteiger partial charge in [0.15, 0.2) is 11.5 Å². The lowest BCUT2D eigenvalue weighted by Gasteiger charge is -2.01. The Morgan fingerprint density at radius 3 is 2.68 bits per heavy atom. The van der Waals surface area contributed by atoms with Crippen LogP contribution >= 0.6 is 11.8 Å². The fourth-order valence-corrected chi connectivity index (χ4v) is 1.87. The third kappa shape index (κ3) is 2.96. The van der Waals surface area contributed by atoms with Gasteiger partial charge in [0, 0.05) is 5.56 Å². The fraction of sp³-hybridized carbons (Fsp3) is 0.231. The van der Waals surface area contributed by atoms with Crippen molar-refractivity contribution in [2.45, 2.75) is 12.1 Å². The predicted octanol–water partition coefficient (Wildman–Crippen LogP) is 3.38. The molecule has 0 N–H and O–H groups in total. The molecule has 0 saturated carbocycles. The van der Waals surface area contributed by atoms with E-state index in [4.69, 9.17) is 9.15 Å². The number of carbonyl (C=O) groups is 1. The van der Waals surface area contributed by atoms with Gasteiger partial charge in [-0.25, -0.2) is 9.18 Å². The number of aromatic nitrogens is 1. The lowest BCUT2D eigenvalue weighted by atomic mass is 10.1. The average molecular weight is 281 g/mol. The number of halogens is 1. The van der Waals surface area contributed by atoms with Crippen molar-refractivity contribution in [3.05, 3.63) is 35.8 Å². The van der Waals surface area contributed by atoms with E-state index in [9.17, 15) is 9.18 Å². The number of esters is 1. The van der Waals surface area contributed by atoms with Gasteiger partial charge in [-0.05, 0) is 37.4 Å². The maximum Gasteiger partial charge on any atom is 0.361 e. The summed E-state index contributed by atoms with van der Waals surface area (Å²) < 4.78 is 23.3. The minimum atomic E-state index is -0.550. The Kier molecular flexibility index (Phi) is 4.21. The van der Waals surface area contributed by atoms with Crippen LogP contribution < -0.4 is 0 Å². The monoisotopic (exact) mass is 281 g/mol. The van der Waals surface area contributed by atoms with Gasteiger partial charge in [-0.15, -0.1) is 0 Å². The Hall–Kier alpha value is -1.82. The molecule has 1 aromatic heterocycles. The molecule has 0 saturated heterocycles. The number of carbonyl (C=O) groups excluding carboxylic acids is 1. The predicted molar refractivity (Wildman–Crippen MR) is 69.6 cm³/mol. The van der Waals surface area contributed by atoms with Crippen LogP contribution in [0.2, 0.25) is 0 Å². The third-order valence-electron chi connectivity index (χ3n) is 2.36. The molecule has 2 aromatic rings. The van der Waals surface area contributed by atoms with Gasteiger partial charge in [0.25, 0.3) is 5.22 Å². The molecule has 0 bridgehead atoms. The second-order valence-electron chi connectivity index (χ2n) is 3.59. The summed E-state index contributed by atoms with van der Waals surface area (Å²) in [6.07, 6.45) is 1.79. The maximum absolute atomic E-state index is 12.9. The summed E-state index contributed by atoms with van der Waals surface area (Å²) in [6.45, 7) is 1.97. The highest BCUT2D eigenvalue weighted by Gasteiger charge is 2.22. The number of hydrogen-bond acceptors (Lipinski definition) is 5. The second-order valence-corrected chi connectivity index (χ2v) is 4.35.